The lowest BCUT2D eigenvalue weighted by molar-refractivity contribution is 0.305. The van der Waals surface area contributed by atoms with Gasteiger partial charge in [-0.1, -0.05) is 59.8 Å². The summed E-state index contributed by atoms with van der Waals surface area (Å²) in [7, 11) is 0. The number of hydrogen-bond donors (Lipinski definition) is 0. The fourth-order valence-corrected chi connectivity index (χ4v) is 2.92. The van der Waals surface area contributed by atoms with E-state index >= 15 is 0 Å². The lowest BCUT2D eigenvalue weighted by atomic mass is 10.1. The van der Waals surface area contributed by atoms with Crippen molar-refractivity contribution in [3.05, 3.63) is 89.5 Å². The molecular formula is C23H20N2O2. The molecule has 0 atom stereocenters. The van der Waals surface area contributed by atoms with Crippen molar-refractivity contribution >= 4 is 0 Å². The molecule has 0 spiro atoms. The van der Waals surface area contributed by atoms with E-state index in [1.807, 2.05) is 67.6 Å². The van der Waals surface area contributed by atoms with Gasteiger partial charge in [0.2, 0.25) is 5.82 Å². The molecule has 0 aliphatic heterocycles. The fraction of sp³-hybridized carbons (Fsp3) is 0.130. The van der Waals surface area contributed by atoms with Gasteiger partial charge in [-0.05, 0) is 48.7 Å². The molecule has 4 nitrogen and oxygen atoms in total. The van der Waals surface area contributed by atoms with Gasteiger partial charge in [-0.2, -0.15) is 4.98 Å². The third-order valence-corrected chi connectivity index (χ3v) is 4.55. The Morgan fingerprint density at radius 3 is 2.44 bits per heavy atom. The lowest BCUT2D eigenvalue weighted by Gasteiger charge is -2.09. The van der Waals surface area contributed by atoms with Crippen LogP contribution in [0.15, 0.2) is 77.3 Å². The highest BCUT2D eigenvalue weighted by Gasteiger charge is 2.12. The summed E-state index contributed by atoms with van der Waals surface area (Å²) in [6.07, 6.45) is 0. The number of aromatic nitrogens is 2. The molecule has 1 heterocycles. The summed E-state index contributed by atoms with van der Waals surface area (Å²) >= 11 is 0. The number of benzene rings is 3. The molecule has 0 aliphatic rings. The molecule has 4 heteroatoms. The minimum absolute atomic E-state index is 0.523. The Morgan fingerprint density at radius 1 is 0.852 bits per heavy atom. The van der Waals surface area contributed by atoms with Gasteiger partial charge in [-0.3, -0.25) is 0 Å². The van der Waals surface area contributed by atoms with E-state index in [1.165, 1.54) is 11.1 Å². The van der Waals surface area contributed by atoms with E-state index in [0.717, 1.165) is 22.4 Å². The molecule has 1 aromatic heterocycles. The Labute approximate surface area is 158 Å². The monoisotopic (exact) mass is 356 g/mol. The number of aryl methyl sites for hydroxylation is 2. The molecule has 0 saturated heterocycles. The Morgan fingerprint density at radius 2 is 1.63 bits per heavy atom. The quantitative estimate of drug-likeness (QED) is 0.467. The minimum Gasteiger partial charge on any atom is -0.489 e. The highest BCUT2D eigenvalue weighted by atomic mass is 16.5. The highest BCUT2D eigenvalue weighted by Crippen LogP contribution is 2.27. The molecule has 0 fully saturated rings. The Kier molecular flexibility index (Phi) is 4.71. The summed E-state index contributed by atoms with van der Waals surface area (Å²) in [6, 6.07) is 23.9. The van der Waals surface area contributed by atoms with Crippen LogP contribution in [0.25, 0.3) is 22.8 Å². The van der Waals surface area contributed by atoms with Gasteiger partial charge in [-0.25, -0.2) is 0 Å². The average Bonchev–Trinajstić information content (AvgIpc) is 3.18. The predicted molar refractivity (Wildman–Crippen MR) is 105 cm³/mol. The van der Waals surface area contributed by atoms with Crippen molar-refractivity contribution in [1.82, 2.24) is 10.1 Å². The molecule has 4 rings (SSSR count). The molecule has 3 aromatic carbocycles. The van der Waals surface area contributed by atoms with Crippen molar-refractivity contribution in [1.29, 1.82) is 0 Å². The van der Waals surface area contributed by atoms with E-state index in [1.54, 1.807) is 0 Å². The summed E-state index contributed by atoms with van der Waals surface area (Å²) in [6.45, 7) is 4.64. The van der Waals surface area contributed by atoms with E-state index in [9.17, 15) is 0 Å². The van der Waals surface area contributed by atoms with Crippen LogP contribution in [0.5, 0.6) is 5.75 Å². The van der Waals surface area contributed by atoms with E-state index in [-0.39, 0.29) is 0 Å². The van der Waals surface area contributed by atoms with E-state index in [2.05, 4.69) is 29.2 Å². The Balaban J connectivity index is 1.55. The van der Waals surface area contributed by atoms with Crippen LogP contribution in [0.1, 0.15) is 16.7 Å². The Bertz CT molecular complexity index is 1070. The summed E-state index contributed by atoms with van der Waals surface area (Å²) in [5.74, 6) is 1.85. The van der Waals surface area contributed by atoms with Gasteiger partial charge in [0.05, 0.1) is 0 Å². The van der Waals surface area contributed by atoms with Gasteiger partial charge >= 0.3 is 0 Å². The zero-order valence-electron chi connectivity index (χ0n) is 15.3. The SMILES string of the molecule is Cc1ccccc1COc1cccc(-c2noc(-c3ccccc3C)n2)c1. The molecule has 4 aromatic rings. The summed E-state index contributed by atoms with van der Waals surface area (Å²) in [5.41, 5.74) is 5.30. The topological polar surface area (TPSA) is 48.2 Å². The second kappa shape index (κ2) is 7.46. The second-order valence-corrected chi connectivity index (χ2v) is 6.48. The van der Waals surface area contributed by atoms with Crippen molar-refractivity contribution in [3.63, 3.8) is 0 Å². The van der Waals surface area contributed by atoms with Crippen LogP contribution in [0.4, 0.5) is 0 Å². The summed E-state index contributed by atoms with van der Waals surface area (Å²) in [5, 5.41) is 4.14. The lowest BCUT2D eigenvalue weighted by Crippen LogP contribution is -1.97. The minimum atomic E-state index is 0.523. The zero-order chi connectivity index (χ0) is 18.6. The molecule has 134 valence electrons. The molecule has 0 saturated carbocycles. The van der Waals surface area contributed by atoms with Crippen LogP contribution in [0, 0.1) is 13.8 Å². The average molecular weight is 356 g/mol. The van der Waals surface area contributed by atoms with Gasteiger partial charge in [0.1, 0.15) is 12.4 Å². The number of hydrogen-bond acceptors (Lipinski definition) is 4. The molecule has 0 unspecified atom stereocenters. The second-order valence-electron chi connectivity index (χ2n) is 6.48. The maximum Gasteiger partial charge on any atom is 0.258 e. The van der Waals surface area contributed by atoms with Gasteiger partial charge in [0, 0.05) is 11.1 Å². The first-order chi connectivity index (χ1) is 13.2. The predicted octanol–water partition coefficient (Wildman–Crippen LogP) is 5.60. The standard InChI is InChI=1S/C23H20N2O2/c1-16-8-3-5-10-19(16)15-26-20-12-7-11-18(14-20)22-24-23(27-25-22)21-13-6-4-9-17(21)2/h3-14H,15H2,1-2H3. The van der Waals surface area contributed by atoms with Crippen LogP contribution >= 0.6 is 0 Å². The van der Waals surface area contributed by atoms with Gasteiger partial charge in [0.25, 0.3) is 5.89 Å². The number of ether oxygens (including phenoxy) is 1. The van der Waals surface area contributed by atoms with Crippen molar-refractivity contribution in [2.75, 3.05) is 0 Å². The van der Waals surface area contributed by atoms with Gasteiger partial charge in [-0.15, -0.1) is 0 Å². The maximum absolute atomic E-state index is 5.96. The molecule has 0 aliphatic carbocycles. The first-order valence-electron chi connectivity index (χ1n) is 8.88. The molecule has 0 N–H and O–H groups in total. The third-order valence-electron chi connectivity index (χ3n) is 4.55. The van der Waals surface area contributed by atoms with Crippen molar-refractivity contribution in [3.8, 4) is 28.6 Å². The van der Waals surface area contributed by atoms with Crippen LogP contribution < -0.4 is 4.74 Å². The van der Waals surface area contributed by atoms with E-state index in [4.69, 9.17) is 9.26 Å². The van der Waals surface area contributed by atoms with Gasteiger partial charge in [0.15, 0.2) is 0 Å². The first kappa shape index (κ1) is 17.0. The van der Waals surface area contributed by atoms with E-state index in [0.29, 0.717) is 18.3 Å². The van der Waals surface area contributed by atoms with Gasteiger partial charge < -0.3 is 9.26 Å². The highest BCUT2D eigenvalue weighted by molar-refractivity contribution is 5.63. The summed E-state index contributed by atoms with van der Waals surface area (Å²) in [4.78, 5) is 4.55. The molecule has 0 radical (unpaired) electrons. The third kappa shape index (κ3) is 3.75. The largest absolute Gasteiger partial charge is 0.489 e. The maximum atomic E-state index is 5.96. The van der Waals surface area contributed by atoms with Crippen molar-refractivity contribution < 1.29 is 9.26 Å². The normalized spacial score (nSPS) is 10.7. The number of rotatable bonds is 5. The molecule has 27 heavy (non-hydrogen) atoms. The van der Waals surface area contributed by atoms with Crippen molar-refractivity contribution in [2.45, 2.75) is 20.5 Å². The fourth-order valence-electron chi connectivity index (χ4n) is 2.92. The molecule has 0 amide bonds. The molecular weight excluding hydrogens is 336 g/mol. The van der Waals surface area contributed by atoms with Crippen LogP contribution in [-0.4, -0.2) is 10.1 Å². The van der Waals surface area contributed by atoms with Crippen LogP contribution in [0.3, 0.4) is 0 Å². The van der Waals surface area contributed by atoms with Crippen LogP contribution in [0.2, 0.25) is 0 Å². The first-order valence-corrected chi connectivity index (χ1v) is 8.88. The van der Waals surface area contributed by atoms with E-state index < -0.39 is 0 Å². The Hall–Kier alpha value is -3.40. The number of nitrogens with zero attached hydrogens (tertiary/aromatic N) is 2. The zero-order valence-corrected chi connectivity index (χ0v) is 15.3. The van der Waals surface area contributed by atoms with Crippen molar-refractivity contribution in [2.24, 2.45) is 0 Å². The smallest absolute Gasteiger partial charge is 0.258 e. The molecule has 0 bridgehead atoms. The summed E-state index contributed by atoms with van der Waals surface area (Å²) < 4.78 is 11.4. The van der Waals surface area contributed by atoms with Crippen LogP contribution in [-0.2, 0) is 6.61 Å².